The Hall–Kier alpha value is -1.91. The molecule has 0 spiro atoms. The third-order valence-corrected chi connectivity index (χ3v) is 1.60. The van der Waals surface area contributed by atoms with Crippen molar-refractivity contribution >= 4 is 5.91 Å². The van der Waals surface area contributed by atoms with Gasteiger partial charge in [0, 0.05) is 0 Å². The van der Waals surface area contributed by atoms with Crippen molar-refractivity contribution in [2.24, 2.45) is 0 Å². The number of aromatic nitrogens is 2. The van der Waals surface area contributed by atoms with Gasteiger partial charge in [0.15, 0.2) is 0 Å². The summed E-state index contributed by atoms with van der Waals surface area (Å²) in [7, 11) is 0. The summed E-state index contributed by atoms with van der Waals surface area (Å²) in [6, 6.07) is 0. The highest BCUT2D eigenvalue weighted by Crippen LogP contribution is 2.03. The van der Waals surface area contributed by atoms with Gasteiger partial charge in [0.1, 0.15) is 0 Å². The van der Waals surface area contributed by atoms with Crippen molar-refractivity contribution in [1.82, 2.24) is 15.3 Å². The van der Waals surface area contributed by atoms with Crippen LogP contribution in [0.15, 0.2) is 25.0 Å². The first kappa shape index (κ1) is 11.2. The lowest BCUT2D eigenvalue weighted by Crippen LogP contribution is -2.20. The van der Waals surface area contributed by atoms with E-state index < -0.39 is 0 Å². The van der Waals surface area contributed by atoms with E-state index in [1.807, 2.05) is 6.92 Å². The summed E-state index contributed by atoms with van der Waals surface area (Å²) in [5, 5.41) is 2.60. The van der Waals surface area contributed by atoms with E-state index in [2.05, 4.69) is 21.9 Å². The molecule has 0 radical (unpaired) electrons. The quantitative estimate of drug-likeness (QED) is 0.721. The summed E-state index contributed by atoms with van der Waals surface area (Å²) in [6.45, 7) is 6.11. The zero-order valence-electron chi connectivity index (χ0n) is 8.56. The van der Waals surface area contributed by atoms with Gasteiger partial charge < -0.3 is 10.1 Å². The van der Waals surface area contributed by atoms with Crippen LogP contribution < -0.4 is 10.1 Å². The summed E-state index contributed by atoms with van der Waals surface area (Å²) in [6.07, 6.45) is 4.30. The maximum absolute atomic E-state index is 10.9. The van der Waals surface area contributed by atoms with Crippen LogP contribution in [-0.2, 0) is 11.3 Å². The van der Waals surface area contributed by atoms with Crippen molar-refractivity contribution in [3.05, 3.63) is 30.7 Å². The van der Waals surface area contributed by atoms with E-state index in [9.17, 15) is 4.79 Å². The minimum Gasteiger partial charge on any atom is -0.477 e. The molecule has 1 N–H and O–H groups in total. The van der Waals surface area contributed by atoms with Crippen LogP contribution in [0.1, 0.15) is 12.6 Å². The summed E-state index contributed by atoms with van der Waals surface area (Å²) in [5.41, 5.74) is 0.675. The average Bonchev–Trinajstić information content (AvgIpc) is 2.28. The van der Waals surface area contributed by atoms with E-state index in [1.165, 1.54) is 12.3 Å². The van der Waals surface area contributed by atoms with E-state index in [4.69, 9.17) is 4.74 Å². The molecule has 80 valence electrons. The van der Waals surface area contributed by atoms with E-state index in [1.54, 1.807) is 6.20 Å². The molecule has 0 aliphatic carbocycles. The van der Waals surface area contributed by atoms with Crippen LogP contribution in [0, 0.1) is 0 Å². The molecule has 5 nitrogen and oxygen atoms in total. The van der Waals surface area contributed by atoms with Crippen molar-refractivity contribution in [3.63, 3.8) is 0 Å². The molecule has 1 rings (SSSR count). The maximum atomic E-state index is 10.9. The van der Waals surface area contributed by atoms with Crippen molar-refractivity contribution in [2.45, 2.75) is 13.5 Å². The van der Waals surface area contributed by atoms with Gasteiger partial charge >= 0.3 is 0 Å². The Morgan fingerprint density at radius 3 is 2.93 bits per heavy atom. The molecular formula is C10H13N3O2. The lowest BCUT2D eigenvalue weighted by molar-refractivity contribution is -0.116. The number of carbonyl (C=O) groups is 1. The van der Waals surface area contributed by atoms with Crippen molar-refractivity contribution < 1.29 is 9.53 Å². The predicted octanol–water partition coefficient (Wildman–Crippen LogP) is 0.677. The van der Waals surface area contributed by atoms with E-state index in [0.717, 1.165) is 0 Å². The summed E-state index contributed by atoms with van der Waals surface area (Å²) < 4.78 is 5.13. The predicted molar refractivity (Wildman–Crippen MR) is 55.2 cm³/mol. The highest BCUT2D eigenvalue weighted by Gasteiger charge is 1.99. The molecule has 0 aliphatic rings. The molecule has 1 aromatic heterocycles. The zero-order valence-corrected chi connectivity index (χ0v) is 8.56. The van der Waals surface area contributed by atoms with Crippen LogP contribution in [0.3, 0.4) is 0 Å². The number of ether oxygens (including phenoxy) is 1. The monoisotopic (exact) mass is 207 g/mol. The molecule has 0 saturated carbocycles. The second-order valence-corrected chi connectivity index (χ2v) is 2.70. The summed E-state index contributed by atoms with van der Waals surface area (Å²) in [4.78, 5) is 18.9. The van der Waals surface area contributed by atoms with Gasteiger partial charge in [0.2, 0.25) is 11.8 Å². The van der Waals surface area contributed by atoms with Gasteiger partial charge in [-0.05, 0) is 13.0 Å². The largest absolute Gasteiger partial charge is 0.477 e. The number of hydrogen-bond acceptors (Lipinski definition) is 4. The first-order valence-corrected chi connectivity index (χ1v) is 4.60. The van der Waals surface area contributed by atoms with Crippen LogP contribution in [-0.4, -0.2) is 22.5 Å². The molecule has 1 aromatic rings. The highest BCUT2D eigenvalue weighted by atomic mass is 16.5. The van der Waals surface area contributed by atoms with Crippen LogP contribution in [0.25, 0.3) is 0 Å². The Labute approximate surface area is 88.2 Å². The maximum Gasteiger partial charge on any atom is 0.243 e. The highest BCUT2D eigenvalue weighted by molar-refractivity contribution is 5.86. The van der Waals surface area contributed by atoms with E-state index >= 15 is 0 Å². The minimum absolute atomic E-state index is 0.231. The third-order valence-electron chi connectivity index (χ3n) is 1.60. The Bertz CT molecular complexity index is 335. The standard InChI is InChI=1S/C10H13N3O2/c1-3-9(14)12-5-8-6-13-10(7-11-8)15-4-2/h3,6-7H,1,4-5H2,2H3,(H,12,14). The Balaban J connectivity index is 2.49. The molecule has 0 unspecified atom stereocenters. The molecule has 1 heterocycles. The molecule has 1 amide bonds. The molecular weight excluding hydrogens is 194 g/mol. The number of carbonyl (C=O) groups excluding carboxylic acids is 1. The number of nitrogens with one attached hydrogen (secondary N) is 1. The lowest BCUT2D eigenvalue weighted by Gasteiger charge is -2.03. The third kappa shape index (κ3) is 3.76. The normalized spacial score (nSPS) is 9.40. The van der Waals surface area contributed by atoms with Gasteiger partial charge in [-0.1, -0.05) is 6.58 Å². The first-order valence-electron chi connectivity index (χ1n) is 4.60. The fourth-order valence-corrected chi connectivity index (χ4v) is 0.906. The summed E-state index contributed by atoms with van der Waals surface area (Å²) in [5.74, 6) is 0.252. The minimum atomic E-state index is -0.231. The van der Waals surface area contributed by atoms with Crippen LogP contribution in [0.2, 0.25) is 0 Å². The molecule has 0 aromatic carbocycles. The van der Waals surface area contributed by atoms with Gasteiger partial charge in [0.05, 0.1) is 31.2 Å². The van der Waals surface area contributed by atoms with Gasteiger partial charge in [-0.3, -0.25) is 9.78 Å². The average molecular weight is 207 g/mol. The van der Waals surface area contributed by atoms with Gasteiger partial charge in [-0.15, -0.1) is 0 Å². The van der Waals surface area contributed by atoms with Crippen LogP contribution in [0.4, 0.5) is 0 Å². The number of rotatable bonds is 5. The Morgan fingerprint density at radius 2 is 2.40 bits per heavy atom. The second-order valence-electron chi connectivity index (χ2n) is 2.70. The second kappa shape index (κ2) is 5.74. The lowest BCUT2D eigenvalue weighted by atomic mass is 10.4. The fraction of sp³-hybridized carbons (Fsp3) is 0.300. The molecule has 0 aliphatic heterocycles. The van der Waals surface area contributed by atoms with Gasteiger partial charge in [-0.25, -0.2) is 4.98 Å². The molecule has 15 heavy (non-hydrogen) atoms. The van der Waals surface area contributed by atoms with Gasteiger partial charge in [-0.2, -0.15) is 0 Å². The van der Waals surface area contributed by atoms with Crippen molar-refractivity contribution in [1.29, 1.82) is 0 Å². The van der Waals surface area contributed by atoms with Crippen LogP contribution >= 0.6 is 0 Å². The number of hydrogen-bond donors (Lipinski definition) is 1. The van der Waals surface area contributed by atoms with Gasteiger partial charge in [0.25, 0.3) is 0 Å². The fourth-order valence-electron chi connectivity index (χ4n) is 0.906. The molecule has 0 atom stereocenters. The molecule has 0 saturated heterocycles. The smallest absolute Gasteiger partial charge is 0.243 e. The van der Waals surface area contributed by atoms with Crippen LogP contribution in [0.5, 0.6) is 5.88 Å². The SMILES string of the molecule is C=CC(=O)NCc1cnc(OCC)cn1. The Kier molecular flexibility index (Phi) is 4.28. The first-order chi connectivity index (χ1) is 7.26. The zero-order chi connectivity index (χ0) is 11.1. The van der Waals surface area contributed by atoms with Crippen molar-refractivity contribution in [3.8, 4) is 5.88 Å². The molecule has 0 fully saturated rings. The Morgan fingerprint density at radius 1 is 1.60 bits per heavy atom. The number of amides is 1. The van der Waals surface area contributed by atoms with Crippen molar-refractivity contribution in [2.75, 3.05) is 6.61 Å². The van der Waals surface area contributed by atoms with E-state index in [0.29, 0.717) is 24.7 Å². The van der Waals surface area contributed by atoms with E-state index in [-0.39, 0.29) is 5.91 Å². The number of nitrogens with zero attached hydrogens (tertiary/aromatic N) is 2. The summed E-state index contributed by atoms with van der Waals surface area (Å²) >= 11 is 0. The molecule has 0 bridgehead atoms. The molecule has 5 heteroatoms. The topological polar surface area (TPSA) is 64.1 Å².